The Labute approximate surface area is 209 Å². The summed E-state index contributed by atoms with van der Waals surface area (Å²) in [5.74, 6) is -2.21. The normalized spacial score (nSPS) is 23.8. The molecular weight excluding hydrogens is 456 g/mol. The predicted octanol–water partition coefficient (Wildman–Crippen LogP) is 4.01. The number of ether oxygens (including phenoxy) is 5. The summed E-state index contributed by atoms with van der Waals surface area (Å²) in [6.45, 7) is 21.2. The van der Waals surface area contributed by atoms with Crippen molar-refractivity contribution in [1.82, 2.24) is 0 Å². The SMILES string of the molecule is CC(C)(C)C(=O)OC[C@H]1O[CH][C@H](OC(=O)C(C)(C)C)[C@@H](OC(=O)C(C)(C)C)[C@H]1OC(=O)C(C)(C)C. The summed E-state index contributed by atoms with van der Waals surface area (Å²) >= 11 is 0. The van der Waals surface area contributed by atoms with Crippen molar-refractivity contribution >= 4 is 23.9 Å². The fraction of sp³-hybridized carbons (Fsp3) is 0.808. The van der Waals surface area contributed by atoms with Gasteiger partial charge in [-0.2, -0.15) is 0 Å². The predicted molar refractivity (Wildman–Crippen MR) is 128 cm³/mol. The largest absolute Gasteiger partial charge is 0.462 e. The zero-order chi connectivity index (χ0) is 27.6. The summed E-state index contributed by atoms with van der Waals surface area (Å²) < 4.78 is 28.3. The first-order valence-corrected chi connectivity index (χ1v) is 11.8. The van der Waals surface area contributed by atoms with Gasteiger partial charge in [-0.25, -0.2) is 0 Å². The molecule has 0 N–H and O–H groups in total. The molecule has 0 aliphatic carbocycles. The molecule has 0 aromatic heterocycles. The first-order valence-electron chi connectivity index (χ1n) is 11.8. The highest BCUT2D eigenvalue weighted by Gasteiger charge is 2.50. The lowest BCUT2D eigenvalue weighted by Gasteiger charge is -2.42. The van der Waals surface area contributed by atoms with Crippen molar-refractivity contribution in [1.29, 1.82) is 0 Å². The highest BCUT2D eigenvalue weighted by atomic mass is 16.7. The lowest BCUT2D eigenvalue weighted by atomic mass is 9.93. The van der Waals surface area contributed by atoms with Gasteiger partial charge in [-0.1, -0.05) is 0 Å². The molecule has 1 rings (SSSR count). The summed E-state index contributed by atoms with van der Waals surface area (Å²) in [6.07, 6.45) is -4.56. The number of rotatable bonds is 5. The van der Waals surface area contributed by atoms with Gasteiger partial charge in [0.15, 0.2) is 18.3 Å². The monoisotopic (exact) mass is 499 g/mol. The zero-order valence-electron chi connectivity index (χ0n) is 23.3. The first-order chi connectivity index (χ1) is 15.5. The van der Waals surface area contributed by atoms with Gasteiger partial charge in [0.1, 0.15) is 19.3 Å². The van der Waals surface area contributed by atoms with Crippen LogP contribution < -0.4 is 0 Å². The van der Waals surface area contributed by atoms with Crippen molar-refractivity contribution in [3.8, 4) is 0 Å². The van der Waals surface area contributed by atoms with Crippen molar-refractivity contribution in [2.75, 3.05) is 6.61 Å². The summed E-state index contributed by atoms with van der Waals surface area (Å²) in [7, 11) is 0. The topological polar surface area (TPSA) is 114 Å². The third-order valence-electron chi connectivity index (χ3n) is 4.96. The summed E-state index contributed by atoms with van der Waals surface area (Å²) in [6, 6.07) is 0. The van der Waals surface area contributed by atoms with Crippen LogP contribution in [0.25, 0.3) is 0 Å². The van der Waals surface area contributed by atoms with Gasteiger partial charge in [0.25, 0.3) is 0 Å². The smallest absolute Gasteiger partial charge is 0.311 e. The average Bonchev–Trinajstić information content (AvgIpc) is 2.65. The molecule has 1 aliphatic heterocycles. The maximum Gasteiger partial charge on any atom is 0.311 e. The van der Waals surface area contributed by atoms with Gasteiger partial charge < -0.3 is 23.7 Å². The number of hydrogen-bond acceptors (Lipinski definition) is 9. The molecule has 1 aliphatic rings. The lowest BCUT2D eigenvalue weighted by molar-refractivity contribution is -0.228. The third-order valence-corrected chi connectivity index (χ3v) is 4.96. The fourth-order valence-corrected chi connectivity index (χ4v) is 2.51. The Balaban J connectivity index is 3.38. The maximum absolute atomic E-state index is 12.9. The molecule has 9 nitrogen and oxygen atoms in total. The highest BCUT2D eigenvalue weighted by molar-refractivity contribution is 5.78. The van der Waals surface area contributed by atoms with Crippen LogP contribution in [0.2, 0.25) is 0 Å². The van der Waals surface area contributed by atoms with Crippen LogP contribution in [-0.4, -0.2) is 54.9 Å². The van der Waals surface area contributed by atoms with Crippen molar-refractivity contribution in [2.45, 2.75) is 108 Å². The second-order valence-corrected chi connectivity index (χ2v) is 13.0. The van der Waals surface area contributed by atoms with Crippen LogP contribution in [0.15, 0.2) is 0 Å². The Morgan fingerprint density at radius 1 is 0.600 bits per heavy atom. The standard InChI is InChI=1S/C26H43O9/c1-23(2,3)19(27)32-13-15-17(34-21(29)25(7,8)9)18(35-22(30)26(10,11)12)16(14-31-15)33-20(28)24(4,5)6/h14-18H,13H2,1-12H3/t15-,16+,17+,18-/m1/s1. The lowest BCUT2D eigenvalue weighted by Crippen LogP contribution is -2.58. The first kappa shape index (κ1) is 30.9. The molecule has 35 heavy (non-hydrogen) atoms. The number of esters is 4. The average molecular weight is 500 g/mol. The molecule has 0 spiro atoms. The molecule has 0 bridgehead atoms. The number of carbonyl (C=O) groups is 4. The van der Waals surface area contributed by atoms with E-state index in [0.717, 1.165) is 0 Å². The van der Waals surface area contributed by atoms with Crippen LogP contribution in [0.3, 0.4) is 0 Å². The van der Waals surface area contributed by atoms with Crippen molar-refractivity contribution in [3.63, 3.8) is 0 Å². The van der Waals surface area contributed by atoms with Gasteiger partial charge in [0, 0.05) is 0 Å². The molecule has 0 aromatic rings. The minimum absolute atomic E-state index is 0.266. The van der Waals surface area contributed by atoms with Crippen molar-refractivity contribution < 1.29 is 42.9 Å². The van der Waals surface area contributed by atoms with E-state index >= 15 is 0 Å². The molecule has 0 aromatic carbocycles. The summed E-state index contributed by atoms with van der Waals surface area (Å²) in [5, 5.41) is 0. The van der Waals surface area contributed by atoms with Gasteiger partial charge in [-0.05, 0) is 83.1 Å². The number of hydrogen-bond donors (Lipinski definition) is 0. The summed E-state index contributed by atoms with van der Waals surface area (Å²) in [4.78, 5) is 50.7. The quantitative estimate of drug-likeness (QED) is 0.409. The molecule has 1 saturated heterocycles. The Bertz CT molecular complexity index is 788. The maximum atomic E-state index is 12.9. The van der Waals surface area contributed by atoms with Crippen molar-refractivity contribution in [2.24, 2.45) is 21.7 Å². The Kier molecular flexibility index (Phi) is 9.57. The van der Waals surface area contributed by atoms with Crippen LogP contribution >= 0.6 is 0 Å². The molecule has 4 atom stereocenters. The van der Waals surface area contributed by atoms with E-state index in [1.54, 1.807) is 83.1 Å². The van der Waals surface area contributed by atoms with Gasteiger partial charge in [-0.15, -0.1) is 0 Å². The van der Waals surface area contributed by atoms with Crippen LogP contribution in [0.4, 0.5) is 0 Å². The highest BCUT2D eigenvalue weighted by Crippen LogP contribution is 2.32. The number of carbonyl (C=O) groups excluding carboxylic acids is 4. The molecule has 0 amide bonds. The van der Waals surface area contributed by atoms with Crippen LogP contribution in [0.5, 0.6) is 0 Å². The molecule has 9 heteroatoms. The molecule has 1 heterocycles. The van der Waals surface area contributed by atoms with Gasteiger partial charge in [0.05, 0.1) is 21.7 Å². The second-order valence-electron chi connectivity index (χ2n) is 13.0. The summed E-state index contributed by atoms with van der Waals surface area (Å²) in [5.41, 5.74) is -3.38. The minimum Gasteiger partial charge on any atom is -0.462 e. The van der Waals surface area contributed by atoms with E-state index in [0.29, 0.717) is 0 Å². The van der Waals surface area contributed by atoms with E-state index in [9.17, 15) is 19.2 Å². The van der Waals surface area contributed by atoms with Gasteiger partial charge in [0.2, 0.25) is 0 Å². The molecule has 0 unspecified atom stereocenters. The molecular formula is C26H43O9. The molecule has 1 radical (unpaired) electrons. The van der Waals surface area contributed by atoms with Crippen molar-refractivity contribution in [3.05, 3.63) is 6.61 Å². The molecule has 0 saturated carbocycles. The van der Waals surface area contributed by atoms with E-state index in [2.05, 4.69) is 0 Å². The molecule has 201 valence electrons. The van der Waals surface area contributed by atoms with E-state index in [1.165, 1.54) is 6.61 Å². The van der Waals surface area contributed by atoms with E-state index < -0.39 is 70.0 Å². The van der Waals surface area contributed by atoms with E-state index in [1.807, 2.05) is 0 Å². The van der Waals surface area contributed by atoms with E-state index in [-0.39, 0.29) is 6.61 Å². The Morgan fingerprint density at radius 3 is 1.37 bits per heavy atom. The van der Waals surface area contributed by atoms with Crippen LogP contribution in [0.1, 0.15) is 83.1 Å². The minimum atomic E-state index is -1.22. The Hall–Kier alpha value is -2.16. The van der Waals surface area contributed by atoms with E-state index in [4.69, 9.17) is 23.7 Å². The zero-order valence-corrected chi connectivity index (χ0v) is 23.3. The van der Waals surface area contributed by atoms with Crippen LogP contribution in [-0.2, 0) is 42.9 Å². The van der Waals surface area contributed by atoms with Crippen LogP contribution in [0, 0.1) is 28.3 Å². The fourth-order valence-electron chi connectivity index (χ4n) is 2.51. The third kappa shape index (κ3) is 9.09. The molecule has 1 fully saturated rings. The second kappa shape index (κ2) is 10.8. The Morgan fingerprint density at radius 2 is 0.971 bits per heavy atom. The van der Waals surface area contributed by atoms with Gasteiger partial charge >= 0.3 is 23.9 Å². The van der Waals surface area contributed by atoms with Gasteiger partial charge in [-0.3, -0.25) is 19.2 Å².